The molecule has 132 valence electrons. The Hall–Kier alpha value is -3.68. The number of nitrogens with zero attached hydrogens (tertiary/aromatic N) is 1. The van der Waals surface area contributed by atoms with E-state index in [0.717, 1.165) is 0 Å². The molecule has 1 aromatic heterocycles. The number of nitro groups is 1. The molecule has 3 rings (SSSR count). The Morgan fingerprint density at radius 2 is 1.88 bits per heavy atom. The molecule has 0 aliphatic carbocycles. The third-order valence-corrected chi connectivity index (χ3v) is 3.97. The summed E-state index contributed by atoms with van der Waals surface area (Å²) in [6.07, 6.45) is 0. The molecule has 1 heterocycles. The second-order valence-corrected chi connectivity index (χ2v) is 5.60. The van der Waals surface area contributed by atoms with E-state index in [1.807, 2.05) is 0 Å². The van der Waals surface area contributed by atoms with Crippen LogP contribution in [0.2, 0.25) is 0 Å². The highest BCUT2D eigenvalue weighted by Crippen LogP contribution is 2.28. The first-order valence-corrected chi connectivity index (χ1v) is 7.72. The van der Waals surface area contributed by atoms with Crippen molar-refractivity contribution in [3.8, 4) is 0 Å². The van der Waals surface area contributed by atoms with Gasteiger partial charge in [0.1, 0.15) is 5.58 Å². The van der Waals surface area contributed by atoms with E-state index >= 15 is 0 Å². The fourth-order valence-corrected chi connectivity index (χ4v) is 2.66. The molecule has 0 saturated heterocycles. The topological polar surface area (TPSA) is 114 Å². The second kappa shape index (κ2) is 6.67. The predicted octanol–water partition coefficient (Wildman–Crippen LogP) is 3.30. The van der Waals surface area contributed by atoms with Crippen molar-refractivity contribution in [3.05, 3.63) is 74.1 Å². The molecule has 0 atom stereocenters. The smallest absolute Gasteiger partial charge is 0.362 e. The number of hydrogen-bond donors (Lipinski definition) is 2. The number of hydrogen-bond acceptors (Lipinski definition) is 6. The number of fused-ring (bicyclic) bond motifs is 1. The zero-order valence-corrected chi connectivity index (χ0v) is 14.0. The maximum absolute atomic E-state index is 12.5. The van der Waals surface area contributed by atoms with E-state index < -0.39 is 16.5 Å². The summed E-state index contributed by atoms with van der Waals surface area (Å²) in [5, 5.41) is 17.1. The number of carbonyl (C=O) groups excluding carboxylic acids is 1. The lowest BCUT2D eigenvalue weighted by atomic mass is 10.1. The molecule has 2 N–H and O–H groups in total. The number of nitro benzene ring substituents is 1. The highest BCUT2D eigenvalue weighted by molar-refractivity contribution is 6.08. The Morgan fingerprint density at radius 1 is 1.15 bits per heavy atom. The average molecular weight is 353 g/mol. The van der Waals surface area contributed by atoms with Crippen LogP contribution in [0.4, 0.5) is 17.1 Å². The molecule has 1 amide bonds. The molecule has 0 fully saturated rings. The first-order chi connectivity index (χ1) is 12.4. The van der Waals surface area contributed by atoms with Gasteiger partial charge in [-0.25, -0.2) is 4.79 Å². The maximum Gasteiger partial charge on any atom is 0.362 e. The fraction of sp³-hybridized carbons (Fsp3) is 0.111. The van der Waals surface area contributed by atoms with Gasteiger partial charge >= 0.3 is 5.63 Å². The van der Waals surface area contributed by atoms with Gasteiger partial charge in [0.05, 0.1) is 10.6 Å². The van der Waals surface area contributed by atoms with Crippen molar-refractivity contribution in [3.63, 3.8) is 0 Å². The van der Waals surface area contributed by atoms with Crippen LogP contribution in [0.5, 0.6) is 0 Å². The zero-order chi connectivity index (χ0) is 18.8. The third-order valence-electron chi connectivity index (χ3n) is 3.97. The van der Waals surface area contributed by atoms with E-state index in [0.29, 0.717) is 22.2 Å². The van der Waals surface area contributed by atoms with Gasteiger partial charge in [-0.2, -0.15) is 0 Å². The molecular formula is C18H15N3O5. The van der Waals surface area contributed by atoms with Gasteiger partial charge in [-0.05, 0) is 25.1 Å². The van der Waals surface area contributed by atoms with Crippen LogP contribution in [0.25, 0.3) is 11.0 Å². The van der Waals surface area contributed by atoms with Crippen LogP contribution in [0.15, 0.2) is 51.7 Å². The quantitative estimate of drug-likeness (QED) is 0.422. The summed E-state index contributed by atoms with van der Waals surface area (Å²) >= 11 is 0. The number of rotatable bonds is 4. The lowest BCUT2D eigenvalue weighted by Crippen LogP contribution is -2.20. The SMILES string of the molecule is CNc1c(NC(=O)c2ccc(C)c([N+](=O)[O-])c2)c(=O)oc2ccccc12. The van der Waals surface area contributed by atoms with Crippen LogP contribution >= 0.6 is 0 Å². The predicted molar refractivity (Wildman–Crippen MR) is 97.8 cm³/mol. The molecule has 8 heteroatoms. The van der Waals surface area contributed by atoms with Crippen LogP contribution in [0, 0.1) is 17.0 Å². The Bertz CT molecular complexity index is 1090. The Labute approximate surface area is 147 Å². The molecule has 0 saturated carbocycles. The summed E-state index contributed by atoms with van der Waals surface area (Å²) in [7, 11) is 1.62. The summed E-state index contributed by atoms with van der Waals surface area (Å²) < 4.78 is 5.23. The van der Waals surface area contributed by atoms with Gasteiger partial charge in [0, 0.05) is 29.6 Å². The molecule has 0 radical (unpaired) electrons. The zero-order valence-electron chi connectivity index (χ0n) is 14.0. The Kier molecular flexibility index (Phi) is 4.40. The summed E-state index contributed by atoms with van der Waals surface area (Å²) in [5.41, 5.74) is 0.349. The van der Waals surface area contributed by atoms with E-state index in [9.17, 15) is 19.7 Å². The number of carbonyl (C=O) groups is 1. The number of amides is 1. The molecule has 8 nitrogen and oxygen atoms in total. The highest BCUT2D eigenvalue weighted by atomic mass is 16.6. The van der Waals surface area contributed by atoms with Gasteiger partial charge in [-0.1, -0.05) is 18.2 Å². The minimum absolute atomic E-state index is 0.0561. The highest BCUT2D eigenvalue weighted by Gasteiger charge is 2.19. The standard InChI is InChI=1S/C18H15N3O5/c1-10-7-8-11(9-13(10)21(24)25)17(22)20-16-15(19-2)12-5-3-4-6-14(12)26-18(16)23/h3-9,19H,1-2H3,(H,20,22). The van der Waals surface area contributed by atoms with Crippen LogP contribution in [-0.4, -0.2) is 17.9 Å². The van der Waals surface area contributed by atoms with Gasteiger partial charge < -0.3 is 15.1 Å². The minimum Gasteiger partial charge on any atom is -0.421 e. The van der Waals surface area contributed by atoms with Crippen molar-refractivity contribution in [1.29, 1.82) is 0 Å². The van der Waals surface area contributed by atoms with Gasteiger partial charge in [-0.15, -0.1) is 0 Å². The molecule has 0 aliphatic rings. The van der Waals surface area contributed by atoms with E-state index in [-0.39, 0.29) is 16.9 Å². The normalized spacial score (nSPS) is 10.5. The van der Waals surface area contributed by atoms with Crippen LogP contribution in [0.1, 0.15) is 15.9 Å². The lowest BCUT2D eigenvalue weighted by molar-refractivity contribution is -0.385. The number of benzene rings is 2. The molecule has 0 unspecified atom stereocenters. The van der Waals surface area contributed by atoms with Gasteiger partial charge in [-0.3, -0.25) is 14.9 Å². The number of anilines is 2. The summed E-state index contributed by atoms with van der Waals surface area (Å²) in [5.74, 6) is -0.646. The first-order valence-electron chi connectivity index (χ1n) is 7.72. The van der Waals surface area contributed by atoms with Crippen molar-refractivity contribution in [2.24, 2.45) is 0 Å². The molecule has 0 aliphatic heterocycles. The Morgan fingerprint density at radius 3 is 2.58 bits per heavy atom. The first kappa shape index (κ1) is 17.2. The van der Waals surface area contributed by atoms with Gasteiger partial charge in [0.2, 0.25) is 0 Å². The summed E-state index contributed by atoms with van der Waals surface area (Å²) in [6.45, 7) is 1.58. The number of aryl methyl sites for hydroxylation is 1. The lowest BCUT2D eigenvalue weighted by Gasteiger charge is -2.12. The number of para-hydroxylation sites is 1. The summed E-state index contributed by atoms with van der Waals surface area (Å²) in [6, 6.07) is 11.0. The van der Waals surface area contributed by atoms with E-state index in [4.69, 9.17) is 4.42 Å². The molecule has 0 spiro atoms. The summed E-state index contributed by atoms with van der Waals surface area (Å²) in [4.78, 5) is 35.3. The largest absolute Gasteiger partial charge is 0.421 e. The Balaban J connectivity index is 2.05. The van der Waals surface area contributed by atoms with E-state index in [1.165, 1.54) is 18.2 Å². The minimum atomic E-state index is -0.719. The van der Waals surface area contributed by atoms with Gasteiger partial charge in [0.25, 0.3) is 11.6 Å². The van der Waals surface area contributed by atoms with Crippen LogP contribution < -0.4 is 16.3 Å². The average Bonchev–Trinajstić information content (AvgIpc) is 2.62. The fourth-order valence-electron chi connectivity index (χ4n) is 2.66. The van der Waals surface area contributed by atoms with Crippen LogP contribution in [0.3, 0.4) is 0 Å². The monoisotopic (exact) mass is 353 g/mol. The molecular weight excluding hydrogens is 338 g/mol. The molecule has 3 aromatic rings. The molecule has 0 bridgehead atoms. The third kappa shape index (κ3) is 3.00. The number of nitrogens with one attached hydrogen (secondary N) is 2. The van der Waals surface area contributed by atoms with Crippen molar-refractivity contribution < 1.29 is 14.1 Å². The van der Waals surface area contributed by atoms with Crippen molar-refractivity contribution >= 4 is 33.9 Å². The molecule has 2 aromatic carbocycles. The van der Waals surface area contributed by atoms with E-state index in [2.05, 4.69) is 10.6 Å². The van der Waals surface area contributed by atoms with Gasteiger partial charge in [0.15, 0.2) is 5.69 Å². The van der Waals surface area contributed by atoms with E-state index in [1.54, 1.807) is 38.2 Å². The maximum atomic E-state index is 12.5. The second-order valence-electron chi connectivity index (χ2n) is 5.60. The van der Waals surface area contributed by atoms with Crippen molar-refractivity contribution in [2.75, 3.05) is 17.7 Å². The molecule has 26 heavy (non-hydrogen) atoms. The van der Waals surface area contributed by atoms with Crippen molar-refractivity contribution in [1.82, 2.24) is 0 Å². The van der Waals surface area contributed by atoms with Crippen molar-refractivity contribution in [2.45, 2.75) is 6.92 Å². The van der Waals surface area contributed by atoms with Crippen LogP contribution in [-0.2, 0) is 0 Å².